The first-order valence-corrected chi connectivity index (χ1v) is 7.73. The molecule has 2 nitrogen and oxygen atoms in total. The number of hydrogen-bond acceptors (Lipinski definition) is 4. The lowest BCUT2D eigenvalue weighted by molar-refractivity contribution is -0.114. The maximum absolute atomic E-state index is 11.8. The molecule has 0 aliphatic carbocycles. The number of carbonyl (C=O) groups excluding carboxylic acids is 2. The first-order chi connectivity index (χ1) is 8.77. The molecule has 0 bridgehead atoms. The second-order valence-corrected chi connectivity index (χ2v) is 5.96. The summed E-state index contributed by atoms with van der Waals surface area (Å²) in [5, 5.41) is 1.90. The predicted octanol–water partition coefficient (Wildman–Crippen LogP) is 3.86. The van der Waals surface area contributed by atoms with Crippen molar-refractivity contribution in [3.8, 4) is 0 Å². The Morgan fingerprint density at radius 2 is 2.06 bits per heavy atom. The van der Waals surface area contributed by atoms with Crippen molar-refractivity contribution in [2.45, 2.75) is 19.3 Å². The summed E-state index contributed by atoms with van der Waals surface area (Å²) < 4.78 is 0. The van der Waals surface area contributed by atoms with E-state index >= 15 is 0 Å². The molecule has 1 aliphatic heterocycles. The normalized spacial score (nSPS) is 14.3. The lowest BCUT2D eigenvalue weighted by Gasteiger charge is -2.06. The number of hydrogen-bond donors (Lipinski definition) is 0. The van der Waals surface area contributed by atoms with Gasteiger partial charge in [0.05, 0.1) is 9.78 Å². The lowest BCUT2D eigenvalue weighted by atomic mass is 10.1. The molecule has 2 heterocycles. The predicted molar refractivity (Wildman–Crippen MR) is 77.2 cm³/mol. The van der Waals surface area contributed by atoms with Crippen molar-refractivity contribution in [3.63, 3.8) is 0 Å². The van der Waals surface area contributed by atoms with E-state index in [2.05, 4.69) is 0 Å². The molecule has 18 heavy (non-hydrogen) atoms. The quantitative estimate of drug-likeness (QED) is 0.741. The number of carbonyl (C=O) groups is 2. The number of Topliss-reactive ketones (excluding diaryl/α,β-unsaturated/α-hetero) is 2. The summed E-state index contributed by atoms with van der Waals surface area (Å²) in [4.78, 5) is 25.2. The maximum atomic E-state index is 11.8. The van der Waals surface area contributed by atoms with E-state index in [1.165, 1.54) is 11.3 Å². The molecule has 0 spiro atoms. The van der Waals surface area contributed by atoms with Crippen LogP contribution in [0.15, 0.2) is 40.6 Å². The Hall–Kier alpha value is -1.13. The molecule has 1 aliphatic rings. The summed E-state index contributed by atoms with van der Waals surface area (Å²) in [7, 11) is 0. The van der Waals surface area contributed by atoms with Crippen LogP contribution in [0, 0.1) is 0 Å². The Bertz CT molecular complexity index is 484. The summed E-state index contributed by atoms with van der Waals surface area (Å²) in [6, 6.07) is 3.71. The average Bonchev–Trinajstić information content (AvgIpc) is 2.93. The van der Waals surface area contributed by atoms with Gasteiger partial charge in [-0.25, -0.2) is 0 Å². The van der Waals surface area contributed by atoms with Gasteiger partial charge in [-0.3, -0.25) is 9.59 Å². The van der Waals surface area contributed by atoms with Crippen LogP contribution < -0.4 is 0 Å². The van der Waals surface area contributed by atoms with E-state index < -0.39 is 0 Å². The van der Waals surface area contributed by atoms with Gasteiger partial charge in [0.15, 0.2) is 11.6 Å². The summed E-state index contributed by atoms with van der Waals surface area (Å²) in [6.45, 7) is 0. The minimum absolute atomic E-state index is 0.142. The van der Waals surface area contributed by atoms with Crippen LogP contribution in [0.2, 0.25) is 0 Å². The van der Waals surface area contributed by atoms with E-state index in [0.29, 0.717) is 19.3 Å². The number of thioether (sulfide) groups is 1. The fraction of sp³-hybridized carbons (Fsp3) is 0.286. The first-order valence-electron chi connectivity index (χ1n) is 5.87. The molecule has 0 N–H and O–H groups in total. The molecule has 0 saturated carbocycles. The highest BCUT2D eigenvalue weighted by atomic mass is 32.2. The van der Waals surface area contributed by atoms with Crippen LogP contribution in [-0.4, -0.2) is 17.3 Å². The molecule has 1 aromatic heterocycles. The van der Waals surface area contributed by atoms with Gasteiger partial charge in [0.25, 0.3) is 0 Å². The third-order valence-corrected chi connectivity index (χ3v) is 4.54. The average molecular weight is 278 g/mol. The Morgan fingerprint density at radius 3 is 2.72 bits per heavy atom. The van der Waals surface area contributed by atoms with Gasteiger partial charge in [0.1, 0.15) is 0 Å². The standard InChI is InChI=1S/C14H14O2S2/c15-11(13-7-1-2-9-17-13)5-3-6-12(16)14-8-4-10-18-14/h1-2,4,7-8,10H,3,5-6,9H2. The van der Waals surface area contributed by atoms with Crippen molar-refractivity contribution in [1.29, 1.82) is 0 Å². The highest BCUT2D eigenvalue weighted by molar-refractivity contribution is 8.04. The van der Waals surface area contributed by atoms with Crippen LogP contribution in [0.5, 0.6) is 0 Å². The summed E-state index contributed by atoms with van der Waals surface area (Å²) in [6.07, 6.45) is 7.36. The second kappa shape index (κ2) is 6.71. The molecular formula is C14H14O2S2. The molecule has 0 aromatic carbocycles. The highest BCUT2D eigenvalue weighted by Crippen LogP contribution is 2.23. The van der Waals surface area contributed by atoms with Crippen molar-refractivity contribution in [2.75, 3.05) is 5.75 Å². The Kier molecular flexibility index (Phi) is 4.96. The number of rotatable bonds is 6. The van der Waals surface area contributed by atoms with Crippen LogP contribution in [0.4, 0.5) is 0 Å². The Balaban J connectivity index is 1.75. The topological polar surface area (TPSA) is 34.1 Å². The molecule has 0 atom stereocenters. The number of ketones is 2. The molecule has 2 rings (SSSR count). The van der Waals surface area contributed by atoms with Gasteiger partial charge in [0, 0.05) is 18.6 Å². The Labute approximate surface area is 115 Å². The van der Waals surface area contributed by atoms with Crippen molar-refractivity contribution in [1.82, 2.24) is 0 Å². The third kappa shape index (κ3) is 3.68. The monoisotopic (exact) mass is 278 g/mol. The number of allylic oxidation sites excluding steroid dienone is 3. The molecule has 0 amide bonds. The van der Waals surface area contributed by atoms with Crippen molar-refractivity contribution < 1.29 is 9.59 Å². The van der Waals surface area contributed by atoms with Gasteiger partial charge in [-0.1, -0.05) is 18.2 Å². The van der Waals surface area contributed by atoms with Gasteiger partial charge in [-0.05, 0) is 23.9 Å². The second-order valence-electron chi connectivity index (χ2n) is 3.95. The summed E-state index contributed by atoms with van der Waals surface area (Å²) in [5.41, 5.74) is 0. The maximum Gasteiger partial charge on any atom is 0.172 e. The van der Waals surface area contributed by atoms with E-state index in [9.17, 15) is 9.59 Å². The molecule has 0 radical (unpaired) electrons. The molecule has 94 valence electrons. The minimum atomic E-state index is 0.142. The number of thiophene rings is 1. The molecular weight excluding hydrogens is 264 g/mol. The molecule has 0 fully saturated rings. The van der Waals surface area contributed by atoms with Crippen LogP contribution in [0.25, 0.3) is 0 Å². The molecule has 0 unspecified atom stereocenters. The Morgan fingerprint density at radius 1 is 1.22 bits per heavy atom. The van der Waals surface area contributed by atoms with E-state index in [4.69, 9.17) is 0 Å². The molecule has 0 saturated heterocycles. The zero-order chi connectivity index (χ0) is 12.8. The van der Waals surface area contributed by atoms with Crippen LogP contribution in [-0.2, 0) is 4.79 Å². The third-order valence-electron chi connectivity index (χ3n) is 2.60. The van der Waals surface area contributed by atoms with E-state index in [-0.39, 0.29) is 11.6 Å². The fourth-order valence-electron chi connectivity index (χ4n) is 1.66. The van der Waals surface area contributed by atoms with Gasteiger partial charge >= 0.3 is 0 Å². The van der Waals surface area contributed by atoms with E-state index in [0.717, 1.165) is 15.5 Å². The lowest BCUT2D eigenvalue weighted by Crippen LogP contribution is -2.04. The van der Waals surface area contributed by atoms with Gasteiger partial charge < -0.3 is 0 Å². The van der Waals surface area contributed by atoms with Crippen LogP contribution in [0.3, 0.4) is 0 Å². The van der Waals surface area contributed by atoms with Crippen LogP contribution >= 0.6 is 23.1 Å². The van der Waals surface area contributed by atoms with Crippen molar-refractivity contribution in [2.24, 2.45) is 0 Å². The zero-order valence-corrected chi connectivity index (χ0v) is 11.6. The summed E-state index contributed by atoms with van der Waals surface area (Å²) >= 11 is 3.03. The fourth-order valence-corrected chi connectivity index (χ4v) is 3.18. The molecule has 1 aromatic rings. The zero-order valence-electron chi connectivity index (χ0n) is 9.93. The van der Waals surface area contributed by atoms with Gasteiger partial charge in [0.2, 0.25) is 0 Å². The first kappa shape index (κ1) is 13.3. The summed E-state index contributed by atoms with van der Waals surface area (Å²) in [5.74, 6) is 1.16. The van der Waals surface area contributed by atoms with Crippen molar-refractivity contribution >= 4 is 34.7 Å². The van der Waals surface area contributed by atoms with E-state index in [1.54, 1.807) is 11.8 Å². The highest BCUT2D eigenvalue weighted by Gasteiger charge is 2.12. The SMILES string of the molecule is O=C(CCCC(=O)c1cccs1)C1=CC=CCS1. The van der Waals surface area contributed by atoms with Gasteiger partial charge in [-0.2, -0.15) is 0 Å². The van der Waals surface area contributed by atoms with Crippen LogP contribution in [0.1, 0.15) is 28.9 Å². The smallest absolute Gasteiger partial charge is 0.172 e. The minimum Gasteiger partial charge on any atom is -0.294 e. The van der Waals surface area contributed by atoms with Crippen molar-refractivity contribution in [3.05, 3.63) is 45.5 Å². The van der Waals surface area contributed by atoms with E-state index in [1.807, 2.05) is 35.7 Å². The largest absolute Gasteiger partial charge is 0.294 e. The molecule has 4 heteroatoms. The van der Waals surface area contributed by atoms with Gasteiger partial charge in [-0.15, -0.1) is 23.1 Å².